The van der Waals surface area contributed by atoms with Crippen LogP contribution in [-0.2, 0) is 0 Å². The Bertz CT molecular complexity index is 747. The van der Waals surface area contributed by atoms with Gasteiger partial charge in [0.1, 0.15) is 12.4 Å². The van der Waals surface area contributed by atoms with Crippen LogP contribution < -0.4 is 11.5 Å². The van der Waals surface area contributed by atoms with Crippen molar-refractivity contribution in [3.63, 3.8) is 0 Å². The van der Waals surface area contributed by atoms with Crippen molar-refractivity contribution in [3.05, 3.63) is 48.4 Å². The van der Waals surface area contributed by atoms with Crippen LogP contribution in [0.25, 0.3) is 10.9 Å². The molecule has 0 saturated carbocycles. The van der Waals surface area contributed by atoms with Crippen LogP contribution >= 0.6 is 0 Å². The molecule has 1 aromatic carbocycles. The number of nitrogen functional groups attached to an aromatic ring is 2. The molecule has 0 amide bonds. The second-order valence-corrected chi connectivity index (χ2v) is 3.73. The number of rotatable bonds is 0. The van der Waals surface area contributed by atoms with Gasteiger partial charge in [0, 0.05) is 11.6 Å². The van der Waals surface area contributed by atoms with Gasteiger partial charge in [-0.1, -0.05) is 18.2 Å². The van der Waals surface area contributed by atoms with E-state index in [4.69, 9.17) is 16.7 Å². The lowest BCUT2D eigenvalue weighted by atomic mass is 10.2. The van der Waals surface area contributed by atoms with Gasteiger partial charge < -0.3 is 11.5 Å². The van der Waals surface area contributed by atoms with Crippen LogP contribution in [0.5, 0.6) is 0 Å². The molecule has 0 unspecified atom stereocenters. The number of fused-ring (bicyclic) bond motifs is 1. The molecule has 0 aliphatic heterocycles. The predicted molar refractivity (Wildman–Crippen MR) is 75.1 cm³/mol. The first-order valence-corrected chi connectivity index (χ1v) is 5.64. The number of aromatic nitrogens is 4. The third kappa shape index (κ3) is 3.36. The highest BCUT2D eigenvalue weighted by Gasteiger charge is 1.94. The maximum absolute atomic E-state index is 8.61. The second kappa shape index (κ2) is 6.06. The Kier molecular flexibility index (Phi) is 3.99. The van der Waals surface area contributed by atoms with Gasteiger partial charge in [-0.05, 0) is 12.1 Å². The molecule has 7 heteroatoms. The molecule has 3 aromatic rings. The lowest BCUT2D eigenvalue weighted by Gasteiger charge is -1.94. The monoisotopic (exact) mass is 265 g/mol. The van der Waals surface area contributed by atoms with Crippen molar-refractivity contribution >= 4 is 22.8 Å². The third-order valence-electron chi connectivity index (χ3n) is 2.33. The smallest absolute Gasteiger partial charge is 0.224 e. The number of nitrogens with two attached hydrogens (primary N) is 2. The molecule has 4 N–H and O–H groups in total. The summed E-state index contributed by atoms with van der Waals surface area (Å²) < 4.78 is 0. The quantitative estimate of drug-likeness (QED) is 0.623. The summed E-state index contributed by atoms with van der Waals surface area (Å²) in [6.07, 6.45) is 2.85. The van der Waals surface area contributed by atoms with Crippen LogP contribution in [0.1, 0.15) is 5.56 Å². The number of nitrogens with zero attached hydrogens (tertiary/aromatic N) is 5. The summed E-state index contributed by atoms with van der Waals surface area (Å²) in [7, 11) is 0. The molecule has 20 heavy (non-hydrogen) atoms. The van der Waals surface area contributed by atoms with Crippen molar-refractivity contribution in [3.8, 4) is 6.07 Å². The van der Waals surface area contributed by atoms with Crippen LogP contribution in [0, 0.1) is 11.3 Å². The van der Waals surface area contributed by atoms with E-state index in [-0.39, 0.29) is 11.9 Å². The van der Waals surface area contributed by atoms with Gasteiger partial charge in [0.2, 0.25) is 11.9 Å². The average Bonchev–Trinajstić information content (AvgIpc) is 2.47. The minimum atomic E-state index is 0.150. The van der Waals surface area contributed by atoms with Crippen molar-refractivity contribution < 1.29 is 0 Å². The van der Waals surface area contributed by atoms with Gasteiger partial charge in [-0.25, -0.2) is 9.97 Å². The van der Waals surface area contributed by atoms with Gasteiger partial charge in [0.25, 0.3) is 0 Å². The largest absolute Gasteiger partial charge is 0.368 e. The molecule has 98 valence electrons. The standard InChI is InChI=1S/C10H6N2.C3H5N5/c11-6-8-5-9-3-1-2-4-10(9)12-7-8;4-2-6-1-7-3(5)8-2/h1-5,7H;1H,(H4,4,5,6,7,8). The molecule has 2 heterocycles. The second-order valence-electron chi connectivity index (χ2n) is 3.73. The van der Waals surface area contributed by atoms with E-state index in [1.54, 1.807) is 6.20 Å². The Balaban J connectivity index is 0.000000160. The maximum atomic E-state index is 8.61. The van der Waals surface area contributed by atoms with Gasteiger partial charge in [0.15, 0.2) is 0 Å². The van der Waals surface area contributed by atoms with Crippen LogP contribution in [0.15, 0.2) is 42.9 Å². The van der Waals surface area contributed by atoms with Gasteiger partial charge in [0.05, 0.1) is 11.1 Å². The summed E-state index contributed by atoms with van der Waals surface area (Å²) in [5.74, 6) is 0.301. The molecule has 0 bridgehead atoms. The summed E-state index contributed by atoms with van der Waals surface area (Å²) in [4.78, 5) is 14.7. The van der Waals surface area contributed by atoms with E-state index in [1.807, 2.05) is 30.3 Å². The van der Waals surface area contributed by atoms with Crippen LogP contribution in [-0.4, -0.2) is 19.9 Å². The average molecular weight is 265 g/mol. The van der Waals surface area contributed by atoms with Crippen molar-refractivity contribution in [1.29, 1.82) is 5.26 Å². The molecule has 0 radical (unpaired) electrons. The zero-order chi connectivity index (χ0) is 14.4. The van der Waals surface area contributed by atoms with Gasteiger partial charge in [-0.2, -0.15) is 10.2 Å². The first-order chi connectivity index (χ1) is 9.69. The highest BCUT2D eigenvalue weighted by Crippen LogP contribution is 2.11. The topological polar surface area (TPSA) is 127 Å². The van der Waals surface area contributed by atoms with E-state index in [0.29, 0.717) is 5.56 Å². The van der Waals surface area contributed by atoms with E-state index in [1.165, 1.54) is 6.33 Å². The number of benzene rings is 1. The first-order valence-electron chi connectivity index (χ1n) is 5.64. The minimum Gasteiger partial charge on any atom is -0.368 e. The van der Waals surface area contributed by atoms with Gasteiger partial charge >= 0.3 is 0 Å². The molecule has 0 spiro atoms. The number of hydrogen-bond acceptors (Lipinski definition) is 7. The highest BCUT2D eigenvalue weighted by molar-refractivity contribution is 5.79. The predicted octanol–water partition coefficient (Wildman–Crippen LogP) is 1.14. The van der Waals surface area contributed by atoms with Crippen LogP contribution in [0.2, 0.25) is 0 Å². The lowest BCUT2D eigenvalue weighted by Crippen LogP contribution is -2.00. The van der Waals surface area contributed by atoms with Crippen LogP contribution in [0.4, 0.5) is 11.9 Å². The first kappa shape index (κ1) is 13.2. The summed E-state index contributed by atoms with van der Waals surface area (Å²) in [5, 5.41) is 9.62. The van der Waals surface area contributed by atoms with Crippen molar-refractivity contribution in [2.75, 3.05) is 11.5 Å². The Labute approximate surface area is 114 Å². The van der Waals surface area contributed by atoms with Gasteiger partial charge in [-0.3, -0.25) is 4.98 Å². The molecule has 0 atom stereocenters. The molecule has 7 nitrogen and oxygen atoms in total. The molecular formula is C13H11N7. The fourth-order valence-electron chi connectivity index (χ4n) is 1.45. The van der Waals surface area contributed by atoms with Crippen molar-refractivity contribution in [2.24, 2.45) is 0 Å². The number of hydrogen-bond donors (Lipinski definition) is 2. The molecule has 0 saturated heterocycles. The zero-order valence-corrected chi connectivity index (χ0v) is 10.4. The number of para-hydroxylation sites is 1. The zero-order valence-electron chi connectivity index (χ0n) is 10.4. The number of pyridine rings is 1. The number of anilines is 2. The Morgan fingerprint density at radius 3 is 2.30 bits per heavy atom. The maximum Gasteiger partial charge on any atom is 0.224 e. The summed E-state index contributed by atoms with van der Waals surface area (Å²) in [6, 6.07) is 11.6. The van der Waals surface area contributed by atoms with Crippen molar-refractivity contribution in [2.45, 2.75) is 0 Å². The minimum absolute atomic E-state index is 0.150. The molecular weight excluding hydrogens is 254 g/mol. The Hall–Kier alpha value is -3.27. The van der Waals surface area contributed by atoms with E-state index in [2.05, 4.69) is 26.0 Å². The number of nitriles is 1. The van der Waals surface area contributed by atoms with Crippen molar-refractivity contribution in [1.82, 2.24) is 19.9 Å². The SMILES string of the molecule is N#Cc1cnc2ccccc2c1.Nc1ncnc(N)n1. The molecule has 0 aliphatic carbocycles. The highest BCUT2D eigenvalue weighted by atomic mass is 15.1. The summed E-state index contributed by atoms with van der Waals surface area (Å²) in [6.45, 7) is 0. The fraction of sp³-hybridized carbons (Fsp3) is 0. The molecule has 3 rings (SSSR count). The molecule has 0 fully saturated rings. The molecule has 2 aromatic heterocycles. The lowest BCUT2D eigenvalue weighted by molar-refractivity contribution is 1.08. The van der Waals surface area contributed by atoms with E-state index in [9.17, 15) is 0 Å². The van der Waals surface area contributed by atoms with E-state index in [0.717, 1.165) is 10.9 Å². The summed E-state index contributed by atoms with van der Waals surface area (Å²) in [5.41, 5.74) is 11.8. The van der Waals surface area contributed by atoms with Crippen LogP contribution in [0.3, 0.4) is 0 Å². The molecule has 0 aliphatic rings. The normalized spacial score (nSPS) is 9.35. The van der Waals surface area contributed by atoms with E-state index < -0.39 is 0 Å². The summed E-state index contributed by atoms with van der Waals surface area (Å²) >= 11 is 0. The fourth-order valence-corrected chi connectivity index (χ4v) is 1.45. The van der Waals surface area contributed by atoms with E-state index >= 15 is 0 Å². The third-order valence-corrected chi connectivity index (χ3v) is 2.33. The van der Waals surface area contributed by atoms with Gasteiger partial charge in [-0.15, -0.1) is 0 Å². The Morgan fingerprint density at radius 1 is 1.00 bits per heavy atom. The Morgan fingerprint density at radius 2 is 1.70 bits per heavy atom.